The lowest BCUT2D eigenvalue weighted by Crippen LogP contribution is -2.23. The summed E-state index contributed by atoms with van der Waals surface area (Å²) in [6, 6.07) is 3.71. The molecule has 0 unspecified atom stereocenters. The lowest BCUT2D eigenvalue weighted by molar-refractivity contribution is -0.159. The summed E-state index contributed by atoms with van der Waals surface area (Å²) >= 11 is 5.73. The lowest BCUT2D eigenvalue weighted by atomic mass is 10.3. The van der Waals surface area contributed by atoms with Crippen molar-refractivity contribution in [3.05, 3.63) is 23.2 Å². The Balaban J connectivity index is 2.78. The highest BCUT2D eigenvalue weighted by Crippen LogP contribution is 2.26. The van der Waals surface area contributed by atoms with Crippen LogP contribution in [0.15, 0.2) is 18.2 Å². The van der Waals surface area contributed by atoms with Gasteiger partial charge in [-0.15, -0.1) is 0 Å². The molecule has 0 saturated carbocycles. The monoisotopic (exact) mass is 346 g/mol. The topological polar surface area (TPSA) is 84.5 Å². The van der Waals surface area contributed by atoms with Crippen LogP contribution in [0.5, 0.6) is 0 Å². The van der Waals surface area contributed by atoms with Crippen LogP contribution < -0.4 is 10.0 Å². The standard InChI is InChI=1S/C10H10ClF3N2O4S/c1-21(18,19)16-6-2-3-7(11)8(4-6)15-9(17)20-5-10(12,13)14/h2-4,16H,5H2,1H3,(H,15,17). The van der Waals surface area contributed by atoms with Crippen LogP contribution in [0.1, 0.15) is 0 Å². The zero-order valence-electron chi connectivity index (χ0n) is 10.5. The molecule has 2 N–H and O–H groups in total. The number of anilines is 2. The summed E-state index contributed by atoms with van der Waals surface area (Å²) in [5, 5.41) is 1.98. The first-order chi connectivity index (χ1) is 9.46. The van der Waals surface area contributed by atoms with Crippen LogP contribution >= 0.6 is 11.6 Å². The predicted molar refractivity (Wildman–Crippen MR) is 70.9 cm³/mol. The quantitative estimate of drug-likeness (QED) is 0.878. The molecule has 0 aromatic heterocycles. The van der Waals surface area contributed by atoms with E-state index >= 15 is 0 Å². The fraction of sp³-hybridized carbons (Fsp3) is 0.300. The molecule has 11 heteroatoms. The Morgan fingerprint density at radius 2 is 2.00 bits per heavy atom. The fourth-order valence-corrected chi connectivity index (χ4v) is 1.91. The average Bonchev–Trinajstić information content (AvgIpc) is 2.28. The third kappa shape index (κ3) is 7.04. The van der Waals surface area contributed by atoms with Gasteiger partial charge < -0.3 is 4.74 Å². The highest BCUT2D eigenvalue weighted by atomic mass is 35.5. The zero-order chi connectivity index (χ0) is 16.3. The molecular formula is C10H10ClF3N2O4S. The highest BCUT2D eigenvalue weighted by molar-refractivity contribution is 7.92. The Labute approximate surface area is 123 Å². The molecule has 1 amide bonds. The van der Waals surface area contributed by atoms with Gasteiger partial charge in [0.1, 0.15) is 0 Å². The van der Waals surface area contributed by atoms with Gasteiger partial charge in [0.2, 0.25) is 10.0 Å². The molecule has 0 aliphatic heterocycles. The van der Waals surface area contributed by atoms with Crippen molar-refractivity contribution in [1.82, 2.24) is 0 Å². The van der Waals surface area contributed by atoms with Gasteiger partial charge in [-0.25, -0.2) is 13.2 Å². The predicted octanol–water partition coefficient (Wildman–Crippen LogP) is 2.82. The summed E-state index contributed by atoms with van der Waals surface area (Å²) in [4.78, 5) is 11.2. The van der Waals surface area contributed by atoms with E-state index in [1.165, 1.54) is 12.1 Å². The van der Waals surface area contributed by atoms with Gasteiger partial charge in [-0.1, -0.05) is 11.6 Å². The number of hydrogen-bond acceptors (Lipinski definition) is 4. The minimum Gasteiger partial charge on any atom is -0.440 e. The molecule has 0 fully saturated rings. The zero-order valence-corrected chi connectivity index (χ0v) is 12.1. The van der Waals surface area contributed by atoms with Crippen molar-refractivity contribution in [2.24, 2.45) is 0 Å². The van der Waals surface area contributed by atoms with Gasteiger partial charge in [0, 0.05) is 0 Å². The van der Waals surface area contributed by atoms with Gasteiger partial charge in [-0.3, -0.25) is 10.0 Å². The molecule has 0 aliphatic rings. The van der Waals surface area contributed by atoms with Crippen molar-refractivity contribution in [2.75, 3.05) is 22.9 Å². The maximum Gasteiger partial charge on any atom is 0.422 e. The first-order valence-electron chi connectivity index (χ1n) is 5.24. The number of ether oxygens (including phenoxy) is 1. The second-order valence-electron chi connectivity index (χ2n) is 3.89. The normalized spacial score (nSPS) is 11.9. The van der Waals surface area contributed by atoms with Crippen LogP contribution in [0, 0.1) is 0 Å². The maximum absolute atomic E-state index is 11.9. The van der Waals surface area contributed by atoms with Crippen LogP contribution in [0.4, 0.5) is 29.3 Å². The number of halogens is 4. The molecule has 0 atom stereocenters. The van der Waals surface area contributed by atoms with E-state index < -0.39 is 28.9 Å². The molecule has 0 radical (unpaired) electrons. The molecule has 0 heterocycles. The van der Waals surface area contributed by atoms with Gasteiger partial charge in [0.25, 0.3) is 0 Å². The summed E-state index contributed by atoms with van der Waals surface area (Å²) < 4.78 is 63.8. The SMILES string of the molecule is CS(=O)(=O)Nc1ccc(Cl)c(NC(=O)OCC(F)(F)F)c1. The molecule has 0 bridgehead atoms. The van der Waals surface area contributed by atoms with E-state index in [2.05, 4.69) is 9.46 Å². The first-order valence-corrected chi connectivity index (χ1v) is 7.51. The number of nitrogens with one attached hydrogen (secondary N) is 2. The number of amides is 1. The molecule has 6 nitrogen and oxygen atoms in total. The number of carbonyl (C=O) groups excluding carboxylic acids is 1. The number of carbonyl (C=O) groups is 1. The van der Waals surface area contributed by atoms with Gasteiger partial charge in [0.15, 0.2) is 6.61 Å². The van der Waals surface area contributed by atoms with E-state index in [1.807, 2.05) is 5.32 Å². The van der Waals surface area contributed by atoms with Crippen molar-refractivity contribution in [1.29, 1.82) is 0 Å². The van der Waals surface area contributed by atoms with E-state index in [9.17, 15) is 26.4 Å². The van der Waals surface area contributed by atoms with Crippen molar-refractivity contribution in [3.63, 3.8) is 0 Å². The number of alkyl halides is 3. The Kier molecular flexibility index (Phi) is 5.29. The minimum atomic E-state index is -4.65. The Morgan fingerprint density at radius 3 is 2.52 bits per heavy atom. The van der Waals surface area contributed by atoms with Crippen molar-refractivity contribution in [2.45, 2.75) is 6.18 Å². The molecule has 1 aromatic rings. The number of rotatable bonds is 4. The van der Waals surface area contributed by atoms with Gasteiger partial charge in [0.05, 0.1) is 22.7 Å². The maximum atomic E-state index is 11.9. The molecule has 0 spiro atoms. The number of hydrogen-bond donors (Lipinski definition) is 2. The Bertz CT molecular complexity index is 634. The Morgan fingerprint density at radius 1 is 1.38 bits per heavy atom. The van der Waals surface area contributed by atoms with Gasteiger partial charge in [-0.05, 0) is 18.2 Å². The van der Waals surface area contributed by atoms with Crippen molar-refractivity contribution in [3.8, 4) is 0 Å². The van der Waals surface area contributed by atoms with E-state index in [0.717, 1.165) is 12.3 Å². The summed E-state index contributed by atoms with van der Waals surface area (Å²) in [7, 11) is -3.55. The van der Waals surface area contributed by atoms with Crippen LogP contribution in [-0.4, -0.2) is 33.5 Å². The number of sulfonamides is 1. The van der Waals surface area contributed by atoms with E-state index in [4.69, 9.17) is 11.6 Å². The molecule has 118 valence electrons. The molecular weight excluding hydrogens is 337 g/mol. The van der Waals surface area contributed by atoms with Crippen LogP contribution in [0.2, 0.25) is 5.02 Å². The van der Waals surface area contributed by atoms with Crippen molar-refractivity contribution >= 4 is 39.1 Å². The Hall–Kier alpha value is -1.68. The van der Waals surface area contributed by atoms with Crippen LogP contribution in [0.25, 0.3) is 0 Å². The molecule has 1 aromatic carbocycles. The number of benzene rings is 1. The fourth-order valence-electron chi connectivity index (χ4n) is 1.19. The summed E-state index contributed by atoms with van der Waals surface area (Å²) in [6.45, 7) is -1.75. The summed E-state index contributed by atoms with van der Waals surface area (Å²) in [5.41, 5.74) is -0.0227. The molecule has 0 saturated heterocycles. The largest absolute Gasteiger partial charge is 0.440 e. The van der Waals surface area contributed by atoms with E-state index in [-0.39, 0.29) is 16.4 Å². The van der Waals surface area contributed by atoms with Crippen LogP contribution in [-0.2, 0) is 14.8 Å². The molecule has 1 rings (SSSR count). The van der Waals surface area contributed by atoms with E-state index in [0.29, 0.717) is 0 Å². The first kappa shape index (κ1) is 17.4. The second kappa shape index (κ2) is 6.39. The molecule has 21 heavy (non-hydrogen) atoms. The third-order valence-corrected chi connectivity index (χ3v) is 2.81. The van der Waals surface area contributed by atoms with Crippen molar-refractivity contribution < 1.29 is 31.1 Å². The van der Waals surface area contributed by atoms with Crippen LogP contribution in [0.3, 0.4) is 0 Å². The molecule has 0 aliphatic carbocycles. The second-order valence-corrected chi connectivity index (χ2v) is 6.04. The van der Waals surface area contributed by atoms with E-state index in [1.54, 1.807) is 0 Å². The average molecular weight is 347 g/mol. The summed E-state index contributed by atoms with van der Waals surface area (Å²) in [6.07, 6.45) is -5.11. The third-order valence-electron chi connectivity index (χ3n) is 1.87. The smallest absolute Gasteiger partial charge is 0.422 e. The summed E-state index contributed by atoms with van der Waals surface area (Å²) in [5.74, 6) is 0. The minimum absolute atomic E-state index is 0.00184. The van der Waals surface area contributed by atoms with Gasteiger partial charge >= 0.3 is 12.3 Å². The highest BCUT2D eigenvalue weighted by Gasteiger charge is 2.29. The van der Waals surface area contributed by atoms with Gasteiger partial charge in [-0.2, -0.15) is 13.2 Å². The lowest BCUT2D eigenvalue weighted by Gasteiger charge is -2.11.